The smallest absolute Gasteiger partial charge is 0.251 e. The van der Waals surface area contributed by atoms with Gasteiger partial charge in [-0.3, -0.25) is 0 Å². The minimum absolute atomic E-state index is 0.00552. The molecule has 1 fully saturated rings. The number of halogens is 4. The first-order valence-corrected chi connectivity index (χ1v) is 8.74. The molecular formula is C18H15Cl2F2N3. The van der Waals surface area contributed by atoms with Gasteiger partial charge in [0.05, 0.1) is 21.2 Å². The van der Waals surface area contributed by atoms with Gasteiger partial charge in [-0.15, -0.1) is 0 Å². The van der Waals surface area contributed by atoms with Crippen molar-refractivity contribution in [2.75, 3.05) is 5.32 Å². The molecule has 3 nitrogen and oxygen atoms in total. The van der Waals surface area contributed by atoms with Crippen LogP contribution in [0.5, 0.6) is 0 Å². The Labute approximate surface area is 153 Å². The number of aromatic nitrogens is 2. The molecule has 0 amide bonds. The van der Waals surface area contributed by atoms with Crippen molar-refractivity contribution in [2.24, 2.45) is 5.92 Å². The lowest BCUT2D eigenvalue weighted by Crippen LogP contribution is -2.01. The summed E-state index contributed by atoms with van der Waals surface area (Å²) in [6.07, 6.45) is 4.05. The molecule has 1 unspecified atom stereocenters. The van der Waals surface area contributed by atoms with E-state index in [0.29, 0.717) is 34.5 Å². The molecule has 2 aromatic heterocycles. The molecule has 0 saturated heterocycles. The number of benzene rings is 1. The SMILES string of the molecule is FC1(F)CC1CCn1ccc2c(Nc3c(Cl)cccc3Cl)nccc21. The van der Waals surface area contributed by atoms with E-state index in [1.807, 2.05) is 22.9 Å². The number of pyridine rings is 1. The van der Waals surface area contributed by atoms with Crippen LogP contribution in [0.2, 0.25) is 10.0 Å². The summed E-state index contributed by atoms with van der Waals surface area (Å²) in [6.45, 7) is 0.556. The van der Waals surface area contributed by atoms with Gasteiger partial charge < -0.3 is 9.88 Å². The first-order chi connectivity index (χ1) is 12.0. The number of aryl methyl sites for hydroxylation is 1. The van der Waals surface area contributed by atoms with Gasteiger partial charge in [-0.1, -0.05) is 29.3 Å². The molecule has 0 aliphatic heterocycles. The van der Waals surface area contributed by atoms with Crippen LogP contribution in [0.3, 0.4) is 0 Å². The minimum Gasteiger partial charge on any atom is -0.347 e. The van der Waals surface area contributed by atoms with E-state index in [1.54, 1.807) is 24.4 Å². The highest BCUT2D eigenvalue weighted by Crippen LogP contribution is 2.50. The van der Waals surface area contributed by atoms with Gasteiger partial charge in [0, 0.05) is 36.7 Å². The summed E-state index contributed by atoms with van der Waals surface area (Å²) in [6, 6.07) is 9.06. The maximum absolute atomic E-state index is 13.1. The Kier molecular flexibility index (Phi) is 4.08. The number of rotatable bonds is 5. The predicted octanol–water partition coefficient (Wildman–Crippen LogP) is 6.13. The van der Waals surface area contributed by atoms with Crippen LogP contribution >= 0.6 is 23.2 Å². The van der Waals surface area contributed by atoms with Gasteiger partial charge in [-0.2, -0.15) is 0 Å². The van der Waals surface area contributed by atoms with Gasteiger partial charge in [-0.05, 0) is 30.7 Å². The van der Waals surface area contributed by atoms with Gasteiger partial charge in [0.1, 0.15) is 5.82 Å². The number of nitrogens with one attached hydrogen (secondary N) is 1. The molecule has 4 rings (SSSR count). The van der Waals surface area contributed by atoms with E-state index in [1.165, 1.54) is 0 Å². The summed E-state index contributed by atoms with van der Waals surface area (Å²) >= 11 is 12.4. The van der Waals surface area contributed by atoms with Crippen LogP contribution in [-0.4, -0.2) is 15.5 Å². The fourth-order valence-electron chi connectivity index (χ4n) is 3.03. The summed E-state index contributed by atoms with van der Waals surface area (Å²) in [5.41, 5.74) is 1.53. The summed E-state index contributed by atoms with van der Waals surface area (Å²) in [5.74, 6) is -2.34. The van der Waals surface area contributed by atoms with Gasteiger partial charge in [-0.25, -0.2) is 13.8 Å². The highest BCUT2D eigenvalue weighted by Gasteiger charge is 2.55. The molecule has 0 bridgehead atoms. The van der Waals surface area contributed by atoms with Crippen LogP contribution in [0.25, 0.3) is 10.9 Å². The third kappa shape index (κ3) is 3.18. The third-order valence-corrected chi connectivity index (χ3v) is 5.21. The molecule has 3 aromatic rings. The van der Waals surface area contributed by atoms with Crippen LogP contribution in [0.4, 0.5) is 20.3 Å². The molecule has 130 valence electrons. The molecule has 1 aliphatic carbocycles. The van der Waals surface area contributed by atoms with Crippen molar-refractivity contribution in [2.45, 2.75) is 25.3 Å². The number of para-hydroxylation sites is 1. The van der Waals surface area contributed by atoms with Crippen LogP contribution in [-0.2, 0) is 6.54 Å². The monoisotopic (exact) mass is 381 g/mol. The molecule has 2 heterocycles. The zero-order valence-electron chi connectivity index (χ0n) is 13.1. The van der Waals surface area contributed by atoms with E-state index in [4.69, 9.17) is 23.2 Å². The Morgan fingerprint density at radius 3 is 2.60 bits per heavy atom. The zero-order chi connectivity index (χ0) is 17.6. The average Bonchev–Trinajstić information content (AvgIpc) is 2.99. The Morgan fingerprint density at radius 1 is 1.20 bits per heavy atom. The summed E-state index contributed by atoms with van der Waals surface area (Å²) < 4.78 is 28.1. The minimum atomic E-state index is -2.47. The van der Waals surface area contributed by atoms with Crippen molar-refractivity contribution < 1.29 is 8.78 Å². The molecule has 0 radical (unpaired) electrons. The molecule has 25 heavy (non-hydrogen) atoms. The van der Waals surface area contributed by atoms with Crippen LogP contribution in [0.15, 0.2) is 42.7 Å². The molecule has 0 spiro atoms. The summed E-state index contributed by atoms with van der Waals surface area (Å²) in [4.78, 5) is 4.37. The molecule has 1 aromatic carbocycles. The van der Waals surface area contributed by atoms with E-state index in [0.717, 1.165) is 10.9 Å². The first kappa shape index (κ1) is 16.6. The third-order valence-electron chi connectivity index (χ3n) is 4.58. The topological polar surface area (TPSA) is 29.9 Å². The van der Waals surface area contributed by atoms with Gasteiger partial charge >= 0.3 is 0 Å². The Bertz CT molecular complexity index is 919. The zero-order valence-corrected chi connectivity index (χ0v) is 14.7. The van der Waals surface area contributed by atoms with Crippen molar-refractivity contribution in [3.05, 3.63) is 52.8 Å². The number of anilines is 2. The van der Waals surface area contributed by atoms with Gasteiger partial charge in [0.25, 0.3) is 5.92 Å². The summed E-state index contributed by atoms with van der Waals surface area (Å²) in [5, 5.41) is 5.07. The average molecular weight is 382 g/mol. The number of nitrogens with zero attached hydrogens (tertiary/aromatic N) is 2. The fraction of sp³-hybridized carbons (Fsp3) is 0.278. The van der Waals surface area contributed by atoms with E-state index in [9.17, 15) is 8.78 Å². The fourth-order valence-corrected chi connectivity index (χ4v) is 3.52. The molecule has 1 aliphatic rings. The van der Waals surface area contributed by atoms with E-state index < -0.39 is 11.8 Å². The summed E-state index contributed by atoms with van der Waals surface area (Å²) in [7, 11) is 0. The second-order valence-corrected chi connectivity index (χ2v) is 7.09. The van der Waals surface area contributed by atoms with Gasteiger partial charge in [0.15, 0.2) is 0 Å². The molecule has 1 saturated carbocycles. The molecule has 1 N–H and O–H groups in total. The Balaban J connectivity index is 1.61. The second-order valence-electron chi connectivity index (χ2n) is 6.27. The quantitative estimate of drug-likeness (QED) is 0.575. The number of alkyl halides is 2. The second kappa shape index (κ2) is 6.15. The standard InChI is InChI=1S/C18H15Cl2F2N3/c19-13-2-1-3-14(20)16(13)24-17-12-6-9-25(15(12)4-7-23-17)8-5-11-10-18(11,21)22/h1-4,6-7,9,11H,5,8,10H2,(H,23,24). The molecular weight excluding hydrogens is 367 g/mol. The Hall–Kier alpha value is -1.85. The highest BCUT2D eigenvalue weighted by molar-refractivity contribution is 6.39. The Morgan fingerprint density at radius 2 is 1.92 bits per heavy atom. The predicted molar refractivity (Wildman–Crippen MR) is 97.1 cm³/mol. The molecule has 7 heteroatoms. The highest BCUT2D eigenvalue weighted by atomic mass is 35.5. The lowest BCUT2D eigenvalue weighted by Gasteiger charge is -2.11. The van der Waals surface area contributed by atoms with Gasteiger partial charge in [0.2, 0.25) is 0 Å². The largest absolute Gasteiger partial charge is 0.347 e. The number of fused-ring (bicyclic) bond motifs is 1. The maximum atomic E-state index is 13.1. The first-order valence-electron chi connectivity index (χ1n) is 7.98. The number of hydrogen-bond acceptors (Lipinski definition) is 2. The van der Waals surface area contributed by atoms with E-state index in [2.05, 4.69) is 10.3 Å². The number of hydrogen-bond donors (Lipinski definition) is 1. The van der Waals surface area contributed by atoms with E-state index in [-0.39, 0.29) is 6.42 Å². The van der Waals surface area contributed by atoms with Crippen LogP contribution in [0.1, 0.15) is 12.8 Å². The van der Waals surface area contributed by atoms with Crippen molar-refractivity contribution in [1.29, 1.82) is 0 Å². The van der Waals surface area contributed by atoms with Crippen molar-refractivity contribution in [3.63, 3.8) is 0 Å². The van der Waals surface area contributed by atoms with E-state index >= 15 is 0 Å². The van der Waals surface area contributed by atoms with Crippen molar-refractivity contribution >= 4 is 45.6 Å². The normalized spacial score (nSPS) is 18.5. The van der Waals surface area contributed by atoms with Crippen molar-refractivity contribution in [3.8, 4) is 0 Å². The van der Waals surface area contributed by atoms with Crippen molar-refractivity contribution in [1.82, 2.24) is 9.55 Å². The van der Waals surface area contributed by atoms with Crippen LogP contribution in [0, 0.1) is 5.92 Å². The lowest BCUT2D eigenvalue weighted by molar-refractivity contribution is 0.0961. The lowest BCUT2D eigenvalue weighted by atomic mass is 10.2. The maximum Gasteiger partial charge on any atom is 0.251 e. The molecule has 1 atom stereocenters. The van der Waals surface area contributed by atoms with Crippen LogP contribution < -0.4 is 5.32 Å².